The summed E-state index contributed by atoms with van der Waals surface area (Å²) < 4.78 is 0. The third-order valence-electron chi connectivity index (χ3n) is 6.41. The average Bonchev–Trinajstić information content (AvgIpc) is 3.30. The second-order valence-corrected chi connectivity index (χ2v) is 9.46. The van der Waals surface area contributed by atoms with Crippen LogP contribution >= 0.6 is 0 Å². The predicted molar refractivity (Wildman–Crippen MR) is 154 cm³/mol. The lowest BCUT2D eigenvalue weighted by atomic mass is 10.1. The Morgan fingerprint density at radius 1 is 1.10 bits per heavy atom. The van der Waals surface area contributed by atoms with Crippen molar-refractivity contribution < 1.29 is 9.59 Å². The van der Waals surface area contributed by atoms with E-state index in [1.807, 2.05) is 36.4 Å². The number of nitrogens with zero attached hydrogens (tertiary/aromatic N) is 3. The SMILES string of the molecule is CN(CCCNC(=O)CNC=O)CCCNc1nc(Cc2ccccc2)nc2[nH]c3cc(C(=N)N)ccc3c12. The van der Waals surface area contributed by atoms with Crippen LogP contribution < -0.4 is 21.7 Å². The number of anilines is 1. The zero-order chi connectivity index (χ0) is 27.6. The summed E-state index contributed by atoms with van der Waals surface area (Å²) in [6.07, 6.45) is 2.86. The molecule has 2 aromatic carbocycles. The Balaban J connectivity index is 1.41. The molecule has 2 amide bonds. The van der Waals surface area contributed by atoms with Crippen molar-refractivity contribution in [3.05, 3.63) is 65.5 Å². The Labute approximate surface area is 227 Å². The van der Waals surface area contributed by atoms with Crippen molar-refractivity contribution in [3.63, 3.8) is 0 Å². The standard InChI is InChI=1S/C28H35N9O2/c1-37(13-5-11-32-24(39)17-31-18-38)14-6-12-33-27-25-21-10-9-20(26(29)30)16-22(21)34-28(25)36-23(35-27)15-19-7-3-2-4-8-19/h2-4,7-10,16,18H,5-6,11-15,17H2,1H3,(H3,29,30)(H,31,38)(H,32,39)(H2,33,34,35,36). The Hall–Kier alpha value is -4.51. The lowest BCUT2D eigenvalue weighted by molar-refractivity contribution is -0.122. The molecule has 7 N–H and O–H groups in total. The van der Waals surface area contributed by atoms with Crippen LogP contribution in [0.1, 0.15) is 29.8 Å². The number of hydrogen-bond donors (Lipinski definition) is 6. The van der Waals surface area contributed by atoms with Crippen LogP contribution in [0.15, 0.2) is 48.5 Å². The second-order valence-electron chi connectivity index (χ2n) is 9.46. The zero-order valence-electron chi connectivity index (χ0n) is 22.1. The van der Waals surface area contributed by atoms with Crippen LogP contribution in [-0.4, -0.2) is 77.8 Å². The molecule has 2 aromatic heterocycles. The summed E-state index contributed by atoms with van der Waals surface area (Å²) in [5.41, 5.74) is 9.10. The fourth-order valence-corrected chi connectivity index (χ4v) is 4.44. The Bertz CT molecular complexity index is 1440. The van der Waals surface area contributed by atoms with Gasteiger partial charge in [-0.2, -0.15) is 0 Å². The number of nitrogen functional groups attached to an aromatic ring is 1. The molecule has 0 saturated heterocycles. The van der Waals surface area contributed by atoms with Gasteiger partial charge in [-0.3, -0.25) is 15.0 Å². The van der Waals surface area contributed by atoms with Crippen molar-refractivity contribution in [2.75, 3.05) is 45.1 Å². The van der Waals surface area contributed by atoms with Gasteiger partial charge in [0, 0.05) is 36.0 Å². The lowest BCUT2D eigenvalue weighted by Gasteiger charge is -2.17. The molecule has 0 bridgehead atoms. The Morgan fingerprint density at radius 2 is 1.87 bits per heavy atom. The van der Waals surface area contributed by atoms with Crippen molar-refractivity contribution in [2.24, 2.45) is 5.73 Å². The van der Waals surface area contributed by atoms with Gasteiger partial charge in [0.25, 0.3) is 0 Å². The number of benzene rings is 2. The average molecular weight is 530 g/mol. The smallest absolute Gasteiger partial charge is 0.239 e. The summed E-state index contributed by atoms with van der Waals surface area (Å²) in [4.78, 5) is 37.1. The minimum absolute atomic E-state index is 0.00268. The maximum Gasteiger partial charge on any atom is 0.239 e. The minimum Gasteiger partial charge on any atom is -0.384 e. The quantitative estimate of drug-likeness (QED) is 0.0593. The molecule has 204 valence electrons. The summed E-state index contributed by atoms with van der Waals surface area (Å²) in [5.74, 6) is 1.33. The third kappa shape index (κ3) is 7.51. The molecule has 0 atom stereocenters. The highest BCUT2D eigenvalue weighted by Crippen LogP contribution is 2.30. The van der Waals surface area contributed by atoms with Gasteiger partial charge in [0.1, 0.15) is 23.1 Å². The number of nitrogens with one attached hydrogen (secondary N) is 5. The highest BCUT2D eigenvalue weighted by molar-refractivity contribution is 6.12. The Morgan fingerprint density at radius 3 is 2.62 bits per heavy atom. The molecule has 0 fully saturated rings. The van der Waals surface area contributed by atoms with E-state index < -0.39 is 0 Å². The van der Waals surface area contributed by atoms with E-state index in [1.165, 1.54) is 0 Å². The first-order valence-corrected chi connectivity index (χ1v) is 13.0. The second kappa shape index (κ2) is 13.3. The van der Waals surface area contributed by atoms with Gasteiger partial charge in [0.2, 0.25) is 12.3 Å². The molecule has 4 rings (SSSR count). The van der Waals surface area contributed by atoms with Crippen LogP contribution in [0.25, 0.3) is 21.9 Å². The number of nitrogens with two attached hydrogens (primary N) is 1. The van der Waals surface area contributed by atoms with Gasteiger partial charge in [-0.1, -0.05) is 42.5 Å². The van der Waals surface area contributed by atoms with E-state index in [2.05, 4.69) is 45.0 Å². The van der Waals surface area contributed by atoms with Crippen LogP contribution in [-0.2, 0) is 16.0 Å². The van der Waals surface area contributed by atoms with Gasteiger partial charge >= 0.3 is 0 Å². The summed E-state index contributed by atoms with van der Waals surface area (Å²) >= 11 is 0. The van der Waals surface area contributed by atoms with Gasteiger partial charge in [-0.05, 0) is 44.6 Å². The number of amidine groups is 1. The topological polar surface area (TPSA) is 165 Å². The number of fused-ring (bicyclic) bond motifs is 3. The van der Waals surface area contributed by atoms with Crippen molar-refractivity contribution in [1.29, 1.82) is 5.41 Å². The largest absolute Gasteiger partial charge is 0.384 e. The number of carbonyl (C=O) groups excluding carboxylic acids is 2. The fraction of sp³-hybridized carbons (Fsp3) is 0.321. The van der Waals surface area contributed by atoms with Crippen LogP contribution in [0.4, 0.5) is 5.82 Å². The molecular weight excluding hydrogens is 494 g/mol. The van der Waals surface area contributed by atoms with E-state index in [1.54, 1.807) is 0 Å². The maximum atomic E-state index is 11.5. The fourth-order valence-electron chi connectivity index (χ4n) is 4.44. The molecule has 0 spiro atoms. The molecule has 0 aliphatic carbocycles. The minimum atomic E-state index is -0.188. The summed E-state index contributed by atoms with van der Waals surface area (Å²) in [6.45, 7) is 3.03. The molecule has 11 nitrogen and oxygen atoms in total. The molecule has 0 saturated carbocycles. The highest BCUT2D eigenvalue weighted by Gasteiger charge is 2.15. The molecule has 0 aliphatic heterocycles. The van der Waals surface area contributed by atoms with Gasteiger partial charge in [0.05, 0.1) is 11.9 Å². The Kier molecular flexibility index (Phi) is 9.41. The molecule has 4 aromatic rings. The monoisotopic (exact) mass is 529 g/mol. The van der Waals surface area contributed by atoms with Crippen LogP contribution in [0.2, 0.25) is 0 Å². The molecule has 2 heterocycles. The van der Waals surface area contributed by atoms with E-state index in [-0.39, 0.29) is 18.3 Å². The molecule has 0 unspecified atom stereocenters. The van der Waals surface area contributed by atoms with E-state index in [0.29, 0.717) is 24.9 Å². The number of amides is 2. The first-order chi connectivity index (χ1) is 18.9. The van der Waals surface area contributed by atoms with E-state index in [0.717, 1.165) is 71.6 Å². The number of aromatic amines is 1. The van der Waals surface area contributed by atoms with Gasteiger partial charge < -0.3 is 31.6 Å². The number of aromatic nitrogens is 3. The molecule has 0 aliphatic rings. The van der Waals surface area contributed by atoms with E-state index in [9.17, 15) is 9.59 Å². The summed E-state index contributed by atoms with van der Waals surface area (Å²) in [7, 11) is 2.06. The van der Waals surface area contributed by atoms with Gasteiger partial charge in [-0.25, -0.2) is 9.97 Å². The zero-order valence-corrected chi connectivity index (χ0v) is 22.1. The normalized spacial score (nSPS) is 11.1. The molecular formula is C28H35N9O2. The predicted octanol–water partition coefficient (Wildman–Crippen LogP) is 1.97. The maximum absolute atomic E-state index is 11.5. The van der Waals surface area contributed by atoms with Crippen LogP contribution in [0, 0.1) is 5.41 Å². The van der Waals surface area contributed by atoms with Crippen molar-refractivity contribution in [2.45, 2.75) is 19.3 Å². The first kappa shape index (κ1) is 27.5. The molecule has 39 heavy (non-hydrogen) atoms. The highest BCUT2D eigenvalue weighted by atomic mass is 16.2. The van der Waals surface area contributed by atoms with Crippen LogP contribution in [0.3, 0.4) is 0 Å². The third-order valence-corrected chi connectivity index (χ3v) is 6.41. The summed E-state index contributed by atoms with van der Waals surface area (Å²) in [5, 5.41) is 18.3. The molecule has 11 heteroatoms. The molecule has 0 radical (unpaired) electrons. The number of carbonyl (C=O) groups is 2. The first-order valence-electron chi connectivity index (χ1n) is 13.0. The van der Waals surface area contributed by atoms with E-state index >= 15 is 0 Å². The van der Waals surface area contributed by atoms with Crippen LogP contribution in [0.5, 0.6) is 0 Å². The van der Waals surface area contributed by atoms with Crippen molar-refractivity contribution >= 4 is 45.9 Å². The van der Waals surface area contributed by atoms with Gasteiger partial charge in [0.15, 0.2) is 0 Å². The number of rotatable bonds is 15. The van der Waals surface area contributed by atoms with Crippen molar-refractivity contribution in [3.8, 4) is 0 Å². The summed E-state index contributed by atoms with van der Waals surface area (Å²) in [6, 6.07) is 15.8. The van der Waals surface area contributed by atoms with Gasteiger partial charge in [-0.15, -0.1) is 0 Å². The van der Waals surface area contributed by atoms with E-state index in [4.69, 9.17) is 21.1 Å². The van der Waals surface area contributed by atoms with Crippen molar-refractivity contribution in [1.82, 2.24) is 30.5 Å². The lowest BCUT2D eigenvalue weighted by Crippen LogP contribution is -2.35. The number of H-pyrrole nitrogens is 1. The number of hydrogen-bond acceptors (Lipinski definition) is 7.